The quantitative estimate of drug-likeness (QED) is 0.878. The lowest BCUT2D eigenvalue weighted by Crippen LogP contribution is -2.51. The second kappa shape index (κ2) is 7.25. The first-order valence-corrected chi connectivity index (χ1v) is 7.57. The summed E-state index contributed by atoms with van der Waals surface area (Å²) in [6.07, 6.45) is -2.87. The summed E-state index contributed by atoms with van der Waals surface area (Å²) >= 11 is 0. The molecule has 0 spiro atoms. The molecule has 0 aromatic carbocycles. The highest BCUT2D eigenvalue weighted by Crippen LogP contribution is 2.26. The molecule has 0 aliphatic carbocycles. The first-order valence-electron chi connectivity index (χ1n) is 7.57. The van der Waals surface area contributed by atoms with Gasteiger partial charge in [0.2, 0.25) is 5.91 Å². The molecule has 0 radical (unpaired) electrons. The molecule has 0 bridgehead atoms. The highest BCUT2D eigenvalue weighted by atomic mass is 19.4. The summed E-state index contributed by atoms with van der Waals surface area (Å²) in [4.78, 5) is 26.1. The maximum atomic E-state index is 12.6. The Bertz CT molecular complexity index is 572. The van der Waals surface area contributed by atoms with Crippen molar-refractivity contribution in [2.24, 2.45) is 0 Å². The van der Waals surface area contributed by atoms with E-state index in [9.17, 15) is 22.8 Å². The average Bonchev–Trinajstić information content (AvgIpc) is 3.16. The number of carbonyl (C=O) groups excluding carboxylic acids is 2. The Morgan fingerprint density at radius 1 is 1.46 bits per heavy atom. The van der Waals surface area contributed by atoms with Crippen LogP contribution in [0.3, 0.4) is 0 Å². The molecule has 2 heterocycles. The monoisotopic (exact) mass is 347 g/mol. The Labute approximate surface area is 137 Å². The van der Waals surface area contributed by atoms with Crippen LogP contribution in [0.1, 0.15) is 24.6 Å². The summed E-state index contributed by atoms with van der Waals surface area (Å²) in [5.74, 6) is -1.91. The number of furan rings is 1. The Morgan fingerprint density at radius 3 is 2.71 bits per heavy atom. The molecule has 1 N–H and O–H groups in total. The number of hydrogen-bond donors (Lipinski definition) is 1. The second-order valence-corrected chi connectivity index (χ2v) is 5.89. The number of alkyl halides is 3. The molecule has 2 amide bonds. The Balaban J connectivity index is 1.99. The Hall–Kier alpha value is -2.03. The van der Waals surface area contributed by atoms with E-state index in [0.717, 1.165) is 0 Å². The van der Waals surface area contributed by atoms with Gasteiger partial charge in [-0.15, -0.1) is 0 Å². The SMILES string of the molecule is CN(C)C(CNC(=O)C1CCCN1C(=O)C(F)(F)F)c1ccco1. The van der Waals surface area contributed by atoms with Crippen LogP contribution in [0.15, 0.2) is 22.8 Å². The van der Waals surface area contributed by atoms with Crippen molar-refractivity contribution >= 4 is 11.8 Å². The van der Waals surface area contributed by atoms with E-state index in [1.165, 1.54) is 6.26 Å². The minimum absolute atomic E-state index is 0.0638. The van der Waals surface area contributed by atoms with E-state index in [2.05, 4.69) is 5.32 Å². The maximum Gasteiger partial charge on any atom is 0.471 e. The number of hydrogen-bond acceptors (Lipinski definition) is 4. The number of nitrogens with zero attached hydrogens (tertiary/aromatic N) is 2. The number of carbonyl (C=O) groups is 2. The summed E-state index contributed by atoms with van der Waals surface area (Å²) in [5, 5.41) is 2.63. The van der Waals surface area contributed by atoms with E-state index in [0.29, 0.717) is 17.1 Å². The summed E-state index contributed by atoms with van der Waals surface area (Å²) < 4.78 is 43.1. The van der Waals surface area contributed by atoms with E-state index in [1.54, 1.807) is 26.2 Å². The van der Waals surface area contributed by atoms with Crippen LogP contribution in [0.25, 0.3) is 0 Å². The molecule has 1 aromatic rings. The van der Waals surface area contributed by atoms with Crippen LogP contribution in [-0.4, -0.2) is 61.0 Å². The van der Waals surface area contributed by atoms with Gasteiger partial charge < -0.3 is 14.6 Å². The van der Waals surface area contributed by atoms with E-state index in [-0.39, 0.29) is 25.6 Å². The van der Waals surface area contributed by atoms with Crippen molar-refractivity contribution < 1.29 is 27.2 Å². The standard InChI is InChI=1S/C15H20F3N3O3/c1-20(2)11(12-6-4-8-24-12)9-19-13(22)10-5-3-7-21(10)14(23)15(16,17)18/h4,6,8,10-11H,3,5,7,9H2,1-2H3,(H,19,22). The normalized spacial score (nSPS) is 19.6. The predicted octanol–water partition coefficient (Wildman–Crippen LogP) is 1.55. The highest BCUT2D eigenvalue weighted by Gasteiger charge is 2.47. The molecule has 1 aliphatic heterocycles. The summed E-state index contributed by atoms with van der Waals surface area (Å²) in [6, 6.07) is 2.14. The molecule has 24 heavy (non-hydrogen) atoms. The van der Waals surface area contributed by atoms with Crippen molar-refractivity contribution in [2.45, 2.75) is 31.1 Å². The zero-order chi connectivity index (χ0) is 17.9. The number of amides is 2. The first kappa shape index (κ1) is 18.3. The molecule has 1 saturated heterocycles. The van der Waals surface area contributed by atoms with E-state index in [1.807, 2.05) is 4.90 Å². The molecule has 1 fully saturated rings. The van der Waals surface area contributed by atoms with Gasteiger partial charge in [0.05, 0.1) is 12.3 Å². The van der Waals surface area contributed by atoms with Crippen LogP contribution in [0.4, 0.5) is 13.2 Å². The second-order valence-electron chi connectivity index (χ2n) is 5.89. The smallest absolute Gasteiger partial charge is 0.468 e. The van der Waals surface area contributed by atoms with Crippen molar-refractivity contribution in [1.82, 2.24) is 15.1 Å². The largest absolute Gasteiger partial charge is 0.471 e. The van der Waals surface area contributed by atoms with Crippen molar-refractivity contribution in [3.63, 3.8) is 0 Å². The maximum absolute atomic E-state index is 12.6. The third kappa shape index (κ3) is 4.08. The van der Waals surface area contributed by atoms with Crippen molar-refractivity contribution in [1.29, 1.82) is 0 Å². The lowest BCUT2D eigenvalue weighted by atomic mass is 10.1. The van der Waals surface area contributed by atoms with Gasteiger partial charge in [-0.2, -0.15) is 13.2 Å². The summed E-state index contributed by atoms with van der Waals surface area (Å²) in [6.45, 7) is 0.107. The topological polar surface area (TPSA) is 65.8 Å². The van der Waals surface area contributed by atoms with E-state index >= 15 is 0 Å². The van der Waals surface area contributed by atoms with Crippen LogP contribution in [-0.2, 0) is 9.59 Å². The molecule has 2 unspecified atom stereocenters. The average molecular weight is 347 g/mol. The molecule has 1 aliphatic rings. The minimum Gasteiger partial charge on any atom is -0.468 e. The van der Waals surface area contributed by atoms with Gasteiger partial charge >= 0.3 is 12.1 Å². The van der Waals surface area contributed by atoms with Crippen LogP contribution in [0, 0.1) is 0 Å². The van der Waals surface area contributed by atoms with Crippen LogP contribution in [0.2, 0.25) is 0 Å². The third-order valence-electron chi connectivity index (χ3n) is 4.02. The van der Waals surface area contributed by atoms with Gasteiger partial charge in [-0.3, -0.25) is 14.5 Å². The molecule has 134 valence electrons. The minimum atomic E-state index is -4.97. The van der Waals surface area contributed by atoms with E-state index in [4.69, 9.17) is 4.42 Å². The molecule has 2 atom stereocenters. The highest BCUT2D eigenvalue weighted by molar-refractivity contribution is 5.90. The van der Waals surface area contributed by atoms with Gasteiger partial charge in [-0.1, -0.05) is 0 Å². The van der Waals surface area contributed by atoms with E-state index < -0.39 is 24.0 Å². The zero-order valence-corrected chi connectivity index (χ0v) is 13.5. The fraction of sp³-hybridized carbons (Fsp3) is 0.600. The number of likely N-dealkylation sites (tertiary alicyclic amines) is 1. The molecule has 2 rings (SSSR count). The number of halogens is 3. The molecule has 0 saturated carbocycles. The number of rotatable bonds is 5. The number of likely N-dealkylation sites (N-methyl/N-ethyl adjacent to an activating group) is 1. The molecule has 6 nitrogen and oxygen atoms in total. The fourth-order valence-corrected chi connectivity index (χ4v) is 2.78. The molecule has 9 heteroatoms. The van der Waals surface area contributed by atoms with Crippen LogP contribution in [0.5, 0.6) is 0 Å². The van der Waals surface area contributed by atoms with Gasteiger partial charge in [0.25, 0.3) is 0 Å². The van der Waals surface area contributed by atoms with Gasteiger partial charge in [-0.05, 0) is 39.1 Å². The molecular formula is C15H20F3N3O3. The molecule has 1 aromatic heterocycles. The van der Waals surface area contributed by atoms with Gasteiger partial charge in [0.1, 0.15) is 11.8 Å². The van der Waals surface area contributed by atoms with Gasteiger partial charge in [-0.25, -0.2) is 0 Å². The van der Waals surface area contributed by atoms with Crippen molar-refractivity contribution in [2.75, 3.05) is 27.2 Å². The van der Waals surface area contributed by atoms with Crippen LogP contribution >= 0.6 is 0 Å². The number of nitrogens with one attached hydrogen (secondary N) is 1. The van der Waals surface area contributed by atoms with Crippen LogP contribution < -0.4 is 5.32 Å². The van der Waals surface area contributed by atoms with Crippen molar-refractivity contribution in [3.05, 3.63) is 24.2 Å². The van der Waals surface area contributed by atoms with Gasteiger partial charge in [0.15, 0.2) is 0 Å². The zero-order valence-electron chi connectivity index (χ0n) is 13.5. The summed E-state index contributed by atoms with van der Waals surface area (Å²) in [5.41, 5.74) is 0. The fourth-order valence-electron chi connectivity index (χ4n) is 2.78. The predicted molar refractivity (Wildman–Crippen MR) is 78.9 cm³/mol. The third-order valence-corrected chi connectivity index (χ3v) is 4.02. The Kier molecular flexibility index (Phi) is 5.53. The summed E-state index contributed by atoms with van der Waals surface area (Å²) in [7, 11) is 3.60. The van der Waals surface area contributed by atoms with Gasteiger partial charge in [0, 0.05) is 13.1 Å². The molecular weight excluding hydrogens is 327 g/mol. The first-order chi connectivity index (χ1) is 11.2. The lowest BCUT2D eigenvalue weighted by molar-refractivity contribution is -0.186. The van der Waals surface area contributed by atoms with Crippen molar-refractivity contribution in [3.8, 4) is 0 Å². The Morgan fingerprint density at radius 2 is 2.17 bits per heavy atom. The lowest BCUT2D eigenvalue weighted by Gasteiger charge is -2.27.